The molecule has 4 rings (SSSR count). The monoisotopic (exact) mass is 489 g/mol. The van der Waals surface area contributed by atoms with Crippen LogP contribution >= 0.6 is 0 Å². The summed E-state index contributed by atoms with van der Waals surface area (Å²) in [6, 6.07) is 20.0. The molecule has 1 aliphatic rings. The molecule has 7 nitrogen and oxygen atoms in total. The highest BCUT2D eigenvalue weighted by atomic mass is 16.5. The average molecular weight is 490 g/mol. The second kappa shape index (κ2) is 10.3. The van der Waals surface area contributed by atoms with E-state index in [0.29, 0.717) is 23.5 Å². The predicted molar refractivity (Wildman–Crippen MR) is 136 cm³/mol. The van der Waals surface area contributed by atoms with Gasteiger partial charge in [0.15, 0.2) is 0 Å². The van der Waals surface area contributed by atoms with Crippen LogP contribution in [0.1, 0.15) is 59.5 Å². The van der Waals surface area contributed by atoms with E-state index in [1.165, 1.54) is 7.11 Å². The SMILES string of the molecule is COC(=O)c1cccc([C@H]2C[C@@H](NC(=O)C(C)(C)c3ccc(OC)cc3)c3ccc(OC)cc3O2)c1. The molecule has 0 aromatic heterocycles. The third kappa shape index (κ3) is 5.00. The summed E-state index contributed by atoms with van der Waals surface area (Å²) in [7, 11) is 4.56. The zero-order valence-electron chi connectivity index (χ0n) is 21.2. The van der Waals surface area contributed by atoms with Crippen molar-refractivity contribution >= 4 is 11.9 Å². The van der Waals surface area contributed by atoms with E-state index < -0.39 is 11.4 Å². The first-order valence-corrected chi connectivity index (χ1v) is 11.7. The summed E-state index contributed by atoms with van der Waals surface area (Å²) in [6.45, 7) is 3.80. The molecule has 0 fully saturated rings. The third-order valence-corrected chi connectivity index (χ3v) is 6.68. The van der Waals surface area contributed by atoms with Crippen LogP contribution in [0.2, 0.25) is 0 Å². The Labute approximate surface area is 211 Å². The maximum atomic E-state index is 13.6. The Morgan fingerprint density at radius 3 is 2.28 bits per heavy atom. The molecule has 188 valence electrons. The standard InChI is InChI=1S/C29H31NO6/c1-29(2,20-9-11-21(33-3)12-10-20)28(32)30-24-17-25(18-7-6-8-19(15-18)27(31)35-5)36-26-16-22(34-4)13-14-23(24)26/h6-16,24-25H,17H2,1-5H3,(H,30,32)/t24-,25-/m1/s1. The second-order valence-corrected chi connectivity index (χ2v) is 9.24. The van der Waals surface area contributed by atoms with Gasteiger partial charge in [-0.25, -0.2) is 4.79 Å². The smallest absolute Gasteiger partial charge is 0.337 e. The molecule has 1 amide bonds. The maximum Gasteiger partial charge on any atom is 0.337 e. The molecule has 7 heteroatoms. The number of rotatable bonds is 7. The Balaban J connectivity index is 1.65. The molecule has 0 unspecified atom stereocenters. The molecule has 36 heavy (non-hydrogen) atoms. The third-order valence-electron chi connectivity index (χ3n) is 6.68. The highest BCUT2D eigenvalue weighted by Crippen LogP contribution is 2.43. The van der Waals surface area contributed by atoms with Gasteiger partial charge in [0, 0.05) is 18.1 Å². The molecule has 0 saturated heterocycles. The van der Waals surface area contributed by atoms with Crippen LogP contribution in [0.15, 0.2) is 66.7 Å². The predicted octanol–water partition coefficient (Wildman–Crippen LogP) is 5.15. The van der Waals surface area contributed by atoms with Crippen LogP contribution in [0.3, 0.4) is 0 Å². The van der Waals surface area contributed by atoms with E-state index in [-0.39, 0.29) is 18.1 Å². The quantitative estimate of drug-likeness (QED) is 0.462. The summed E-state index contributed by atoms with van der Waals surface area (Å²) in [5.74, 6) is 1.49. The maximum absolute atomic E-state index is 13.6. The minimum Gasteiger partial charge on any atom is -0.497 e. The van der Waals surface area contributed by atoms with Crippen LogP contribution in [0, 0.1) is 0 Å². The largest absolute Gasteiger partial charge is 0.497 e. The lowest BCUT2D eigenvalue weighted by molar-refractivity contribution is -0.126. The minimum atomic E-state index is -0.780. The van der Waals surface area contributed by atoms with Crippen LogP contribution in [0.5, 0.6) is 17.2 Å². The van der Waals surface area contributed by atoms with Gasteiger partial charge in [0.05, 0.1) is 38.3 Å². The first-order chi connectivity index (χ1) is 17.3. The number of esters is 1. The fourth-order valence-corrected chi connectivity index (χ4v) is 4.38. The Hall–Kier alpha value is -4.00. The van der Waals surface area contributed by atoms with Crippen molar-refractivity contribution in [2.75, 3.05) is 21.3 Å². The van der Waals surface area contributed by atoms with E-state index in [0.717, 1.165) is 22.4 Å². The number of hydrogen-bond acceptors (Lipinski definition) is 6. The molecular formula is C29H31NO6. The van der Waals surface area contributed by atoms with Crippen molar-refractivity contribution in [1.29, 1.82) is 0 Å². The molecule has 0 radical (unpaired) electrons. The number of hydrogen-bond donors (Lipinski definition) is 1. The molecule has 0 bridgehead atoms. The lowest BCUT2D eigenvalue weighted by Crippen LogP contribution is -2.43. The summed E-state index contributed by atoms with van der Waals surface area (Å²) in [6.07, 6.45) is 0.109. The fourth-order valence-electron chi connectivity index (χ4n) is 4.38. The van der Waals surface area contributed by atoms with Gasteiger partial charge in [-0.05, 0) is 61.4 Å². The van der Waals surface area contributed by atoms with Gasteiger partial charge >= 0.3 is 5.97 Å². The van der Waals surface area contributed by atoms with Crippen LogP contribution in [-0.2, 0) is 14.9 Å². The Morgan fingerprint density at radius 2 is 1.61 bits per heavy atom. The van der Waals surface area contributed by atoms with Gasteiger partial charge in [-0.1, -0.05) is 24.3 Å². The molecule has 2 atom stereocenters. The molecule has 0 saturated carbocycles. The fraction of sp³-hybridized carbons (Fsp3) is 0.310. The minimum absolute atomic E-state index is 0.108. The molecule has 3 aromatic rings. The van der Waals surface area contributed by atoms with E-state index in [4.69, 9.17) is 18.9 Å². The molecule has 0 spiro atoms. The number of carbonyl (C=O) groups is 2. The van der Waals surface area contributed by atoms with Crippen molar-refractivity contribution in [2.24, 2.45) is 0 Å². The van der Waals surface area contributed by atoms with Gasteiger partial charge in [0.2, 0.25) is 5.91 Å². The number of benzene rings is 3. The van der Waals surface area contributed by atoms with Crippen molar-refractivity contribution in [3.63, 3.8) is 0 Å². The van der Waals surface area contributed by atoms with Gasteiger partial charge in [-0.15, -0.1) is 0 Å². The van der Waals surface area contributed by atoms with Crippen LogP contribution < -0.4 is 19.5 Å². The molecule has 0 aliphatic carbocycles. The summed E-state index contributed by atoms with van der Waals surface area (Å²) >= 11 is 0. The molecule has 3 aromatic carbocycles. The number of methoxy groups -OCH3 is 3. The zero-order chi connectivity index (χ0) is 25.9. The lowest BCUT2D eigenvalue weighted by atomic mass is 9.82. The van der Waals surface area contributed by atoms with Crippen molar-refractivity contribution in [3.05, 3.63) is 89.0 Å². The Kier molecular flexibility index (Phi) is 7.20. The van der Waals surface area contributed by atoms with Crippen LogP contribution in [-0.4, -0.2) is 33.2 Å². The number of nitrogens with one attached hydrogen (secondary N) is 1. The van der Waals surface area contributed by atoms with Crippen LogP contribution in [0.25, 0.3) is 0 Å². The first kappa shape index (κ1) is 25.1. The van der Waals surface area contributed by atoms with Crippen molar-refractivity contribution in [3.8, 4) is 17.2 Å². The number of fused-ring (bicyclic) bond motifs is 1. The van der Waals surface area contributed by atoms with Gasteiger partial charge < -0.3 is 24.3 Å². The van der Waals surface area contributed by atoms with E-state index in [2.05, 4.69) is 5.32 Å². The topological polar surface area (TPSA) is 83.1 Å². The van der Waals surface area contributed by atoms with Crippen molar-refractivity contribution < 1.29 is 28.5 Å². The molecule has 1 N–H and O–H groups in total. The first-order valence-electron chi connectivity index (χ1n) is 11.7. The Bertz CT molecular complexity index is 1250. The molecule has 1 aliphatic heterocycles. The normalized spacial score (nSPS) is 16.8. The van der Waals surface area contributed by atoms with E-state index >= 15 is 0 Å². The van der Waals surface area contributed by atoms with E-state index in [1.54, 1.807) is 32.4 Å². The zero-order valence-corrected chi connectivity index (χ0v) is 21.2. The average Bonchev–Trinajstić information content (AvgIpc) is 2.92. The highest BCUT2D eigenvalue weighted by Gasteiger charge is 2.36. The summed E-state index contributed by atoms with van der Waals surface area (Å²) < 4.78 is 21.9. The summed E-state index contributed by atoms with van der Waals surface area (Å²) in [5.41, 5.74) is 2.23. The molecular weight excluding hydrogens is 458 g/mol. The lowest BCUT2D eigenvalue weighted by Gasteiger charge is -2.35. The number of ether oxygens (including phenoxy) is 4. The van der Waals surface area contributed by atoms with Crippen LogP contribution in [0.4, 0.5) is 0 Å². The summed E-state index contributed by atoms with van der Waals surface area (Å²) in [5, 5.41) is 3.25. The second-order valence-electron chi connectivity index (χ2n) is 9.24. The van der Waals surface area contributed by atoms with Gasteiger partial charge in [-0.3, -0.25) is 4.79 Å². The summed E-state index contributed by atoms with van der Waals surface area (Å²) in [4.78, 5) is 25.7. The Morgan fingerprint density at radius 1 is 0.917 bits per heavy atom. The van der Waals surface area contributed by atoms with Crippen molar-refractivity contribution in [1.82, 2.24) is 5.32 Å². The van der Waals surface area contributed by atoms with Gasteiger partial charge in [0.25, 0.3) is 0 Å². The highest BCUT2D eigenvalue weighted by molar-refractivity contribution is 5.89. The van der Waals surface area contributed by atoms with E-state index in [9.17, 15) is 9.59 Å². The van der Waals surface area contributed by atoms with Crippen molar-refractivity contribution in [2.45, 2.75) is 37.8 Å². The number of carbonyl (C=O) groups excluding carboxylic acids is 2. The van der Waals surface area contributed by atoms with Gasteiger partial charge in [0.1, 0.15) is 23.4 Å². The van der Waals surface area contributed by atoms with E-state index in [1.807, 2.05) is 62.4 Å². The van der Waals surface area contributed by atoms with Gasteiger partial charge in [-0.2, -0.15) is 0 Å². The number of amides is 1. The molecule has 1 heterocycles.